The second-order valence-corrected chi connectivity index (χ2v) is 7.59. The summed E-state index contributed by atoms with van der Waals surface area (Å²) in [6.07, 6.45) is 0. The smallest absolute Gasteiger partial charge is 0.237 e. The van der Waals surface area contributed by atoms with Gasteiger partial charge in [-0.15, -0.1) is 5.10 Å². The molecule has 3 rings (SSSR count). The van der Waals surface area contributed by atoms with E-state index in [0.717, 1.165) is 22.5 Å². The summed E-state index contributed by atoms with van der Waals surface area (Å²) in [4.78, 5) is 12.5. The molecule has 0 bridgehead atoms. The van der Waals surface area contributed by atoms with Crippen molar-refractivity contribution < 1.29 is 4.79 Å². The molecule has 0 aliphatic heterocycles. The number of carbonyl (C=O) groups excluding carboxylic acids is 1. The molecule has 1 atom stereocenters. The number of rotatable bonds is 5. The van der Waals surface area contributed by atoms with Gasteiger partial charge in [-0.25, -0.2) is 0 Å². The molecule has 1 heterocycles. The molecule has 6 nitrogen and oxygen atoms in total. The van der Waals surface area contributed by atoms with Gasteiger partial charge in [-0.1, -0.05) is 41.6 Å². The highest BCUT2D eigenvalue weighted by atomic mass is 32.2. The predicted molar refractivity (Wildman–Crippen MR) is 104 cm³/mol. The lowest BCUT2D eigenvalue weighted by Crippen LogP contribution is -2.23. The summed E-state index contributed by atoms with van der Waals surface area (Å²) >= 11 is 1.33. The number of benzene rings is 2. The van der Waals surface area contributed by atoms with Gasteiger partial charge in [0, 0.05) is 5.69 Å². The van der Waals surface area contributed by atoms with Crippen LogP contribution in [0.3, 0.4) is 0 Å². The molecule has 1 amide bonds. The first-order valence-electron chi connectivity index (χ1n) is 8.34. The van der Waals surface area contributed by atoms with E-state index in [1.807, 2.05) is 64.1 Å². The van der Waals surface area contributed by atoms with Crippen LogP contribution in [0.1, 0.15) is 23.6 Å². The van der Waals surface area contributed by atoms with E-state index in [1.165, 1.54) is 17.3 Å². The maximum atomic E-state index is 12.5. The van der Waals surface area contributed by atoms with Crippen molar-refractivity contribution in [1.29, 1.82) is 0 Å². The molecule has 0 aliphatic rings. The van der Waals surface area contributed by atoms with Gasteiger partial charge < -0.3 is 5.32 Å². The first-order valence-corrected chi connectivity index (χ1v) is 9.22. The van der Waals surface area contributed by atoms with Crippen LogP contribution in [0.2, 0.25) is 0 Å². The average molecular weight is 367 g/mol. The number of nitrogens with one attached hydrogen (secondary N) is 1. The number of hydrogen-bond donors (Lipinski definition) is 1. The van der Waals surface area contributed by atoms with Crippen molar-refractivity contribution in [2.24, 2.45) is 0 Å². The zero-order valence-electron chi connectivity index (χ0n) is 15.2. The van der Waals surface area contributed by atoms with E-state index in [4.69, 9.17) is 0 Å². The fraction of sp³-hybridized carbons (Fsp3) is 0.263. The summed E-state index contributed by atoms with van der Waals surface area (Å²) in [5.41, 5.74) is 5.06. The number of carbonyl (C=O) groups is 1. The minimum Gasteiger partial charge on any atom is -0.325 e. The lowest BCUT2D eigenvalue weighted by atomic mass is 10.1. The maximum absolute atomic E-state index is 12.5. The zero-order valence-corrected chi connectivity index (χ0v) is 16.0. The number of nitrogens with zero attached hydrogens (tertiary/aromatic N) is 4. The van der Waals surface area contributed by atoms with Gasteiger partial charge >= 0.3 is 0 Å². The number of thioether (sulfide) groups is 1. The lowest BCUT2D eigenvalue weighted by molar-refractivity contribution is -0.115. The summed E-state index contributed by atoms with van der Waals surface area (Å²) < 4.78 is 1.68. The van der Waals surface area contributed by atoms with E-state index in [-0.39, 0.29) is 11.2 Å². The predicted octanol–water partition coefficient (Wildman–Crippen LogP) is 3.71. The maximum Gasteiger partial charge on any atom is 0.237 e. The Hall–Kier alpha value is -2.67. The van der Waals surface area contributed by atoms with Gasteiger partial charge in [0.1, 0.15) is 0 Å². The molecular formula is C19H21N5OS. The van der Waals surface area contributed by atoms with Crippen LogP contribution in [0.25, 0.3) is 5.69 Å². The fourth-order valence-electron chi connectivity index (χ4n) is 2.62. The minimum atomic E-state index is -0.342. The third kappa shape index (κ3) is 4.11. The summed E-state index contributed by atoms with van der Waals surface area (Å²) in [5, 5.41) is 15.1. The van der Waals surface area contributed by atoms with Crippen molar-refractivity contribution in [3.05, 3.63) is 59.2 Å². The second-order valence-electron chi connectivity index (χ2n) is 6.28. The Labute approximate surface area is 157 Å². The molecule has 1 aromatic heterocycles. The quantitative estimate of drug-likeness (QED) is 0.696. The van der Waals surface area contributed by atoms with Crippen molar-refractivity contribution in [3.8, 4) is 5.69 Å². The molecule has 1 N–H and O–H groups in total. The monoisotopic (exact) mass is 367 g/mol. The van der Waals surface area contributed by atoms with Crippen LogP contribution in [0.5, 0.6) is 0 Å². The molecule has 0 spiro atoms. The highest BCUT2D eigenvalue weighted by molar-refractivity contribution is 8.00. The zero-order chi connectivity index (χ0) is 18.7. The third-order valence-electron chi connectivity index (χ3n) is 3.96. The number of tetrazole rings is 1. The lowest BCUT2D eigenvalue weighted by Gasteiger charge is -2.13. The first kappa shape index (κ1) is 18.1. The molecule has 0 saturated carbocycles. The van der Waals surface area contributed by atoms with Crippen LogP contribution in [-0.2, 0) is 4.79 Å². The summed E-state index contributed by atoms with van der Waals surface area (Å²) in [5.74, 6) is -0.0872. The van der Waals surface area contributed by atoms with Crippen molar-refractivity contribution in [1.82, 2.24) is 20.2 Å². The van der Waals surface area contributed by atoms with Crippen molar-refractivity contribution >= 4 is 23.4 Å². The van der Waals surface area contributed by atoms with Crippen molar-refractivity contribution in [2.45, 2.75) is 38.1 Å². The normalized spacial score (nSPS) is 12.0. The SMILES string of the molecule is Cc1cccc(NC(=O)[C@@H](C)Sc2nnnn2-c2ccc(C)cc2C)c1. The van der Waals surface area contributed by atoms with Gasteiger partial charge in [0.25, 0.3) is 0 Å². The standard InChI is InChI=1S/C19H21N5OS/c1-12-6-5-7-16(11-12)20-18(25)15(4)26-19-21-22-23-24(19)17-9-8-13(2)10-14(17)3/h5-11,15H,1-4H3,(H,20,25)/t15-/m1/s1. The fourth-order valence-corrected chi connectivity index (χ4v) is 3.43. The van der Waals surface area contributed by atoms with Crippen LogP contribution in [0, 0.1) is 20.8 Å². The first-order chi connectivity index (χ1) is 12.4. The average Bonchev–Trinajstić information content (AvgIpc) is 3.02. The Bertz CT molecular complexity index is 937. The molecule has 26 heavy (non-hydrogen) atoms. The van der Waals surface area contributed by atoms with Crippen LogP contribution in [-0.4, -0.2) is 31.4 Å². The number of aryl methyl sites for hydroxylation is 3. The van der Waals surface area contributed by atoms with Gasteiger partial charge in [0.2, 0.25) is 11.1 Å². The molecule has 134 valence electrons. The van der Waals surface area contributed by atoms with Crippen molar-refractivity contribution in [2.75, 3.05) is 5.32 Å². The topological polar surface area (TPSA) is 72.7 Å². The molecule has 3 aromatic rings. The molecule has 2 aromatic carbocycles. The molecule has 0 saturated heterocycles. The molecule has 0 fully saturated rings. The number of aromatic nitrogens is 4. The van der Waals surface area contributed by atoms with E-state index < -0.39 is 0 Å². The summed E-state index contributed by atoms with van der Waals surface area (Å²) in [6, 6.07) is 13.8. The van der Waals surface area contributed by atoms with E-state index in [1.54, 1.807) is 4.68 Å². The van der Waals surface area contributed by atoms with Gasteiger partial charge in [0.15, 0.2) is 0 Å². The van der Waals surface area contributed by atoms with Gasteiger partial charge in [-0.2, -0.15) is 4.68 Å². The highest BCUT2D eigenvalue weighted by Gasteiger charge is 2.20. The molecular weight excluding hydrogens is 346 g/mol. The van der Waals surface area contributed by atoms with Crippen LogP contribution in [0.4, 0.5) is 5.69 Å². The largest absolute Gasteiger partial charge is 0.325 e. The van der Waals surface area contributed by atoms with Gasteiger partial charge in [-0.3, -0.25) is 4.79 Å². The van der Waals surface area contributed by atoms with Crippen LogP contribution >= 0.6 is 11.8 Å². The molecule has 0 unspecified atom stereocenters. The second kappa shape index (κ2) is 7.70. The third-order valence-corrected chi connectivity index (χ3v) is 4.99. The Kier molecular flexibility index (Phi) is 5.37. The Morgan fingerprint density at radius 1 is 1.12 bits per heavy atom. The minimum absolute atomic E-state index is 0.0872. The Morgan fingerprint density at radius 2 is 1.88 bits per heavy atom. The Balaban J connectivity index is 1.75. The number of anilines is 1. The van der Waals surface area contributed by atoms with Crippen LogP contribution < -0.4 is 5.32 Å². The summed E-state index contributed by atoms with van der Waals surface area (Å²) in [6.45, 7) is 7.90. The Morgan fingerprint density at radius 3 is 2.62 bits per heavy atom. The summed E-state index contributed by atoms with van der Waals surface area (Å²) in [7, 11) is 0. The van der Waals surface area contributed by atoms with E-state index in [2.05, 4.69) is 26.9 Å². The van der Waals surface area contributed by atoms with Gasteiger partial charge in [0.05, 0.1) is 10.9 Å². The van der Waals surface area contributed by atoms with E-state index in [9.17, 15) is 4.79 Å². The molecule has 0 aliphatic carbocycles. The van der Waals surface area contributed by atoms with E-state index in [0.29, 0.717) is 5.16 Å². The van der Waals surface area contributed by atoms with E-state index >= 15 is 0 Å². The number of hydrogen-bond acceptors (Lipinski definition) is 5. The van der Waals surface area contributed by atoms with Gasteiger partial charge in [-0.05, 0) is 67.4 Å². The molecule has 0 radical (unpaired) electrons. The van der Waals surface area contributed by atoms with Crippen molar-refractivity contribution in [3.63, 3.8) is 0 Å². The number of amides is 1. The van der Waals surface area contributed by atoms with Crippen LogP contribution in [0.15, 0.2) is 47.6 Å². The molecule has 7 heteroatoms. The highest BCUT2D eigenvalue weighted by Crippen LogP contribution is 2.25.